The van der Waals surface area contributed by atoms with Crippen LogP contribution in [0.15, 0.2) is 65.1 Å². The van der Waals surface area contributed by atoms with E-state index in [2.05, 4.69) is 21.2 Å². The molecule has 3 aromatic rings. The van der Waals surface area contributed by atoms with Crippen molar-refractivity contribution in [2.75, 3.05) is 12.4 Å². The summed E-state index contributed by atoms with van der Waals surface area (Å²) in [5, 5.41) is 13.4. The molecule has 3 rings (SSSR count). The zero-order valence-electron chi connectivity index (χ0n) is 14.7. The van der Waals surface area contributed by atoms with Gasteiger partial charge in [0.1, 0.15) is 12.4 Å². The first-order valence-corrected chi connectivity index (χ1v) is 9.49. The molecule has 0 aliphatic heterocycles. The Morgan fingerprint density at radius 1 is 1.04 bits per heavy atom. The third-order valence-electron chi connectivity index (χ3n) is 3.97. The standard InChI is InChI=1S/C21H19BrClNO3/c1-26-20-10-15(12-24-17-5-7-18(25)8-6-17)19(22)11-21(20)27-13-14-3-2-4-16(23)9-14/h2-11,24-25H,12-13H2,1H3. The second-order valence-corrected chi connectivity index (χ2v) is 7.20. The van der Waals surface area contributed by atoms with Gasteiger partial charge in [-0.3, -0.25) is 0 Å². The number of methoxy groups -OCH3 is 1. The number of anilines is 1. The van der Waals surface area contributed by atoms with Gasteiger partial charge in [0.25, 0.3) is 0 Å². The lowest BCUT2D eigenvalue weighted by Crippen LogP contribution is -2.03. The molecule has 0 fully saturated rings. The Bertz CT molecular complexity index is 916. The molecule has 0 atom stereocenters. The highest BCUT2D eigenvalue weighted by molar-refractivity contribution is 9.10. The Balaban J connectivity index is 1.71. The summed E-state index contributed by atoms with van der Waals surface area (Å²) in [7, 11) is 1.62. The second-order valence-electron chi connectivity index (χ2n) is 5.91. The number of rotatable bonds is 7. The number of halogens is 2. The van der Waals surface area contributed by atoms with E-state index in [1.807, 2.05) is 48.5 Å². The summed E-state index contributed by atoms with van der Waals surface area (Å²) in [4.78, 5) is 0. The molecule has 6 heteroatoms. The van der Waals surface area contributed by atoms with Gasteiger partial charge in [-0.2, -0.15) is 0 Å². The van der Waals surface area contributed by atoms with Crippen LogP contribution in [-0.2, 0) is 13.2 Å². The fourth-order valence-electron chi connectivity index (χ4n) is 2.55. The Hall–Kier alpha value is -2.37. The lowest BCUT2D eigenvalue weighted by Gasteiger charge is -2.15. The first-order valence-electron chi connectivity index (χ1n) is 8.31. The van der Waals surface area contributed by atoms with Gasteiger partial charge in [-0.05, 0) is 59.7 Å². The van der Waals surface area contributed by atoms with Crippen molar-refractivity contribution in [1.29, 1.82) is 0 Å². The number of benzene rings is 3. The number of phenolic OH excluding ortho intramolecular Hbond substituents is 1. The number of hydrogen-bond donors (Lipinski definition) is 2. The fourth-order valence-corrected chi connectivity index (χ4v) is 3.22. The second kappa shape index (κ2) is 9.02. The van der Waals surface area contributed by atoms with E-state index in [1.54, 1.807) is 19.2 Å². The average molecular weight is 449 g/mol. The first kappa shape index (κ1) is 19.4. The van der Waals surface area contributed by atoms with Crippen molar-refractivity contribution in [2.24, 2.45) is 0 Å². The van der Waals surface area contributed by atoms with E-state index in [0.29, 0.717) is 29.7 Å². The predicted molar refractivity (Wildman–Crippen MR) is 112 cm³/mol. The lowest BCUT2D eigenvalue weighted by molar-refractivity contribution is 0.284. The molecule has 4 nitrogen and oxygen atoms in total. The van der Waals surface area contributed by atoms with Crippen molar-refractivity contribution in [2.45, 2.75) is 13.2 Å². The van der Waals surface area contributed by atoms with Crippen molar-refractivity contribution in [3.8, 4) is 17.2 Å². The number of nitrogens with one attached hydrogen (secondary N) is 1. The van der Waals surface area contributed by atoms with Crippen LogP contribution in [0.2, 0.25) is 5.02 Å². The van der Waals surface area contributed by atoms with Crippen LogP contribution < -0.4 is 14.8 Å². The summed E-state index contributed by atoms with van der Waals surface area (Å²) >= 11 is 9.61. The lowest BCUT2D eigenvalue weighted by atomic mass is 10.2. The minimum absolute atomic E-state index is 0.240. The van der Waals surface area contributed by atoms with Gasteiger partial charge in [-0.15, -0.1) is 0 Å². The van der Waals surface area contributed by atoms with Crippen LogP contribution in [0.25, 0.3) is 0 Å². The zero-order chi connectivity index (χ0) is 19.2. The van der Waals surface area contributed by atoms with E-state index in [0.717, 1.165) is 21.3 Å². The highest BCUT2D eigenvalue weighted by atomic mass is 79.9. The third-order valence-corrected chi connectivity index (χ3v) is 4.94. The molecule has 0 bridgehead atoms. The molecule has 140 valence electrons. The van der Waals surface area contributed by atoms with Gasteiger partial charge in [0, 0.05) is 21.7 Å². The Morgan fingerprint density at radius 3 is 2.52 bits per heavy atom. The zero-order valence-corrected chi connectivity index (χ0v) is 17.0. The van der Waals surface area contributed by atoms with Gasteiger partial charge in [0.05, 0.1) is 7.11 Å². The molecule has 0 aliphatic carbocycles. The molecule has 2 N–H and O–H groups in total. The van der Waals surface area contributed by atoms with Crippen LogP contribution in [0.4, 0.5) is 5.69 Å². The van der Waals surface area contributed by atoms with Crippen LogP contribution in [0.3, 0.4) is 0 Å². The van der Waals surface area contributed by atoms with Crippen LogP contribution >= 0.6 is 27.5 Å². The van der Waals surface area contributed by atoms with Crippen molar-refractivity contribution in [3.63, 3.8) is 0 Å². The van der Waals surface area contributed by atoms with Crippen LogP contribution in [0, 0.1) is 0 Å². The molecule has 0 radical (unpaired) electrons. The van der Waals surface area contributed by atoms with Crippen molar-refractivity contribution in [1.82, 2.24) is 0 Å². The fraction of sp³-hybridized carbons (Fsp3) is 0.143. The largest absolute Gasteiger partial charge is 0.508 e. The normalized spacial score (nSPS) is 10.5. The summed E-state index contributed by atoms with van der Waals surface area (Å²) in [5.74, 6) is 1.55. The van der Waals surface area contributed by atoms with Gasteiger partial charge in [0.15, 0.2) is 11.5 Å². The molecule has 0 heterocycles. The van der Waals surface area contributed by atoms with E-state index in [-0.39, 0.29) is 5.75 Å². The number of ether oxygens (including phenoxy) is 2. The quantitative estimate of drug-likeness (QED) is 0.435. The van der Waals surface area contributed by atoms with Crippen LogP contribution in [0.5, 0.6) is 17.2 Å². The first-order chi connectivity index (χ1) is 13.0. The SMILES string of the molecule is COc1cc(CNc2ccc(O)cc2)c(Br)cc1OCc1cccc(Cl)c1. The molecular formula is C21H19BrClNO3. The number of aromatic hydroxyl groups is 1. The van der Waals surface area contributed by atoms with E-state index in [1.165, 1.54) is 0 Å². The maximum absolute atomic E-state index is 9.36. The number of phenols is 1. The Morgan fingerprint density at radius 2 is 1.81 bits per heavy atom. The molecule has 0 aromatic heterocycles. The molecule has 0 unspecified atom stereocenters. The molecule has 0 amide bonds. The third kappa shape index (κ3) is 5.31. The van der Waals surface area contributed by atoms with E-state index in [9.17, 15) is 5.11 Å². The van der Waals surface area contributed by atoms with Crippen molar-refractivity contribution < 1.29 is 14.6 Å². The maximum atomic E-state index is 9.36. The highest BCUT2D eigenvalue weighted by Gasteiger charge is 2.11. The molecule has 0 spiro atoms. The monoisotopic (exact) mass is 447 g/mol. The topological polar surface area (TPSA) is 50.7 Å². The molecule has 0 saturated carbocycles. The number of hydrogen-bond acceptors (Lipinski definition) is 4. The Labute approximate surface area is 171 Å². The van der Waals surface area contributed by atoms with Gasteiger partial charge in [-0.1, -0.05) is 39.7 Å². The highest BCUT2D eigenvalue weighted by Crippen LogP contribution is 2.34. The summed E-state index contributed by atoms with van der Waals surface area (Å²) in [5.41, 5.74) is 2.92. The summed E-state index contributed by atoms with van der Waals surface area (Å²) in [6.45, 7) is 0.991. The molecule has 3 aromatic carbocycles. The van der Waals surface area contributed by atoms with Crippen LogP contribution in [0.1, 0.15) is 11.1 Å². The average Bonchev–Trinajstić information content (AvgIpc) is 2.67. The van der Waals surface area contributed by atoms with Crippen molar-refractivity contribution >= 4 is 33.2 Å². The molecular weight excluding hydrogens is 430 g/mol. The van der Waals surface area contributed by atoms with Gasteiger partial charge in [-0.25, -0.2) is 0 Å². The minimum atomic E-state index is 0.240. The summed E-state index contributed by atoms with van der Waals surface area (Å²) in [6, 6.07) is 18.3. The van der Waals surface area contributed by atoms with Gasteiger partial charge < -0.3 is 19.9 Å². The summed E-state index contributed by atoms with van der Waals surface area (Å²) in [6.07, 6.45) is 0. The van der Waals surface area contributed by atoms with Crippen molar-refractivity contribution in [3.05, 3.63) is 81.3 Å². The predicted octanol–water partition coefficient (Wildman–Crippen LogP) is 6.01. The Kier molecular flexibility index (Phi) is 6.48. The molecule has 27 heavy (non-hydrogen) atoms. The van der Waals surface area contributed by atoms with E-state index < -0.39 is 0 Å². The minimum Gasteiger partial charge on any atom is -0.508 e. The summed E-state index contributed by atoms with van der Waals surface area (Å²) < 4.78 is 12.3. The van der Waals surface area contributed by atoms with E-state index in [4.69, 9.17) is 21.1 Å². The van der Waals surface area contributed by atoms with Gasteiger partial charge in [0.2, 0.25) is 0 Å². The van der Waals surface area contributed by atoms with E-state index >= 15 is 0 Å². The molecule has 0 aliphatic rings. The molecule has 0 saturated heterocycles. The van der Waals surface area contributed by atoms with Crippen LogP contribution in [-0.4, -0.2) is 12.2 Å². The maximum Gasteiger partial charge on any atom is 0.162 e. The van der Waals surface area contributed by atoms with Gasteiger partial charge >= 0.3 is 0 Å². The smallest absolute Gasteiger partial charge is 0.162 e.